The predicted molar refractivity (Wildman–Crippen MR) is 96.1 cm³/mol. The Balaban J connectivity index is -0.0000000477. The van der Waals surface area contributed by atoms with Crippen LogP contribution in [0.3, 0.4) is 0 Å². The van der Waals surface area contributed by atoms with Crippen LogP contribution in [-0.4, -0.2) is 11.5 Å². The average Bonchev–Trinajstić information content (AvgIpc) is 2.51. The molecule has 0 N–H and O–H groups in total. The zero-order valence-electron chi connectivity index (χ0n) is 14.8. The molecule has 0 radical (unpaired) electrons. The summed E-state index contributed by atoms with van der Waals surface area (Å²) in [5.41, 5.74) is 0.997. The minimum absolute atomic E-state index is 0.997. The number of rotatable bonds is 4. The predicted octanol–water partition coefficient (Wildman–Crippen LogP) is 7.19. The number of allylic oxidation sites excluding steroid dienone is 1. The quantitative estimate of drug-likeness (QED) is 0.391. The summed E-state index contributed by atoms with van der Waals surface area (Å²) in [6, 6.07) is 0. The van der Waals surface area contributed by atoms with Gasteiger partial charge in [-0.3, -0.25) is 0 Å². The highest BCUT2D eigenvalue weighted by molar-refractivity contribution is 7.98. The van der Waals surface area contributed by atoms with Gasteiger partial charge in [-0.25, -0.2) is 4.40 Å². The van der Waals surface area contributed by atoms with Crippen LogP contribution in [0.5, 0.6) is 0 Å². The van der Waals surface area contributed by atoms with E-state index in [4.69, 9.17) is 0 Å². The molecule has 0 aromatic carbocycles. The monoisotopic (exact) mass is 277 g/mol. The van der Waals surface area contributed by atoms with Gasteiger partial charge in [-0.2, -0.15) is 0 Å². The second-order valence-electron chi connectivity index (χ2n) is 2.35. The van der Waals surface area contributed by atoms with Gasteiger partial charge in [-0.05, 0) is 24.9 Å². The zero-order chi connectivity index (χ0) is 15.8. The lowest BCUT2D eigenvalue weighted by Crippen LogP contribution is -1.78. The summed E-state index contributed by atoms with van der Waals surface area (Å²) >= 11 is 1.56. The second kappa shape index (κ2) is 54.2. The summed E-state index contributed by atoms with van der Waals surface area (Å²) in [4.78, 5) is 0. The molecule has 0 heterocycles. The van der Waals surface area contributed by atoms with Crippen molar-refractivity contribution in [1.29, 1.82) is 0 Å². The van der Waals surface area contributed by atoms with Gasteiger partial charge < -0.3 is 0 Å². The Morgan fingerprint density at radius 2 is 1.28 bits per heavy atom. The van der Waals surface area contributed by atoms with Crippen molar-refractivity contribution in [3.05, 3.63) is 12.7 Å². The topological polar surface area (TPSA) is 12.4 Å². The Kier molecular flexibility index (Phi) is 92.3. The average molecular weight is 278 g/mol. The smallest absolute Gasteiger partial charge is 0.0450 e. The van der Waals surface area contributed by atoms with Crippen molar-refractivity contribution in [2.45, 2.75) is 82.1 Å². The molecule has 0 atom stereocenters. The van der Waals surface area contributed by atoms with Crippen LogP contribution < -0.4 is 0 Å². The fraction of sp³-hybridized carbons (Fsp3) is 0.812. The van der Waals surface area contributed by atoms with Crippen LogP contribution in [0.15, 0.2) is 17.1 Å². The van der Waals surface area contributed by atoms with Gasteiger partial charge in [0.1, 0.15) is 0 Å². The summed E-state index contributed by atoms with van der Waals surface area (Å²) < 4.78 is 4.08. The minimum Gasteiger partial charge on any atom is -0.222 e. The highest BCUT2D eigenvalue weighted by Crippen LogP contribution is 2.00. The number of hydrogen-bond acceptors (Lipinski definition) is 2. The molecule has 1 nitrogen and oxygen atoms in total. The molecule has 0 saturated carbocycles. The van der Waals surface area contributed by atoms with Crippen LogP contribution in [0, 0.1) is 0 Å². The summed E-state index contributed by atoms with van der Waals surface area (Å²) in [6.45, 7) is 23.9. The van der Waals surface area contributed by atoms with Gasteiger partial charge in [0.05, 0.1) is 0 Å². The van der Waals surface area contributed by atoms with E-state index in [2.05, 4.69) is 31.7 Å². The van der Waals surface area contributed by atoms with Crippen LogP contribution in [0.4, 0.5) is 0 Å². The fourth-order valence-electron chi connectivity index (χ4n) is 0.204. The number of hydrogen-bond donors (Lipinski definition) is 0. The third-order valence-electron chi connectivity index (χ3n) is 1.13. The summed E-state index contributed by atoms with van der Waals surface area (Å²) in [5.74, 6) is 1.03. The third-order valence-corrected chi connectivity index (χ3v) is 1.81. The Bertz CT molecular complexity index is 118. The molecule has 0 rings (SSSR count). The Morgan fingerprint density at radius 3 is 1.44 bits per heavy atom. The standard InChI is InChI=1S/C6H11NS.C4H10.3C2H6/c1-4-6(3)7-8-5-2;1-3-4-2;3*1-2/h4H,1,5H2,2-3H3;3-4H2,1-2H3;3*1-2H3/b7-6-;;;;. The van der Waals surface area contributed by atoms with Crippen molar-refractivity contribution in [3.63, 3.8) is 0 Å². The largest absolute Gasteiger partial charge is 0.222 e. The lowest BCUT2D eigenvalue weighted by molar-refractivity contribution is 0.886. The molecule has 0 amide bonds. The van der Waals surface area contributed by atoms with Crippen molar-refractivity contribution < 1.29 is 0 Å². The molecule has 0 spiro atoms. The van der Waals surface area contributed by atoms with Gasteiger partial charge in [-0.1, -0.05) is 81.7 Å². The lowest BCUT2D eigenvalue weighted by atomic mass is 10.4. The highest BCUT2D eigenvalue weighted by atomic mass is 32.2. The zero-order valence-corrected chi connectivity index (χ0v) is 15.6. The molecule has 114 valence electrons. The molecule has 0 aromatic heterocycles. The first-order chi connectivity index (χ1) is 8.72. The van der Waals surface area contributed by atoms with E-state index in [-0.39, 0.29) is 0 Å². The van der Waals surface area contributed by atoms with E-state index in [0.717, 1.165) is 11.5 Å². The van der Waals surface area contributed by atoms with Crippen LogP contribution in [0.2, 0.25) is 0 Å². The molecule has 2 heteroatoms. The summed E-state index contributed by atoms with van der Waals surface area (Å²) in [7, 11) is 0. The minimum atomic E-state index is 0.997. The molecular formula is C16H39NS. The number of unbranched alkanes of at least 4 members (excludes halogenated alkanes) is 1. The fourth-order valence-corrected chi connectivity index (χ4v) is 0.611. The molecule has 0 aliphatic carbocycles. The van der Waals surface area contributed by atoms with Gasteiger partial charge in [0, 0.05) is 11.5 Å². The second-order valence-corrected chi connectivity index (χ2v) is 3.37. The van der Waals surface area contributed by atoms with Crippen molar-refractivity contribution in [2.24, 2.45) is 4.40 Å². The van der Waals surface area contributed by atoms with Gasteiger partial charge in [0.15, 0.2) is 0 Å². The van der Waals surface area contributed by atoms with Gasteiger partial charge >= 0.3 is 0 Å². The maximum Gasteiger partial charge on any atom is 0.0450 e. The molecule has 0 aliphatic heterocycles. The van der Waals surface area contributed by atoms with Crippen LogP contribution in [0.1, 0.15) is 82.1 Å². The molecule has 0 aromatic rings. The van der Waals surface area contributed by atoms with Crippen LogP contribution >= 0.6 is 11.9 Å². The molecule has 0 saturated heterocycles. The SMILES string of the molecule is C=C/C(C)=N\SCC.CC.CC.CC.CCCC. The summed E-state index contributed by atoms with van der Waals surface area (Å²) in [5, 5.41) is 0. The maximum atomic E-state index is 4.08. The first-order valence-electron chi connectivity index (χ1n) is 7.51. The third kappa shape index (κ3) is 75.1. The molecular weight excluding hydrogens is 238 g/mol. The van der Waals surface area contributed by atoms with E-state index < -0.39 is 0 Å². The maximum absolute atomic E-state index is 4.08. The van der Waals surface area contributed by atoms with Gasteiger partial charge in [0.25, 0.3) is 0 Å². The molecule has 0 bridgehead atoms. The van der Waals surface area contributed by atoms with Crippen molar-refractivity contribution in [1.82, 2.24) is 0 Å². The molecule has 0 aliphatic rings. The number of nitrogens with zero attached hydrogens (tertiary/aromatic N) is 1. The van der Waals surface area contributed by atoms with Gasteiger partial charge in [0.2, 0.25) is 0 Å². The first kappa shape index (κ1) is 30.6. The normalized spacial score (nSPS) is 7.78. The summed E-state index contributed by atoms with van der Waals surface area (Å²) in [6.07, 6.45) is 4.39. The van der Waals surface area contributed by atoms with Crippen LogP contribution in [0.25, 0.3) is 0 Å². The van der Waals surface area contributed by atoms with E-state index in [9.17, 15) is 0 Å². The molecule has 18 heavy (non-hydrogen) atoms. The van der Waals surface area contributed by atoms with Crippen molar-refractivity contribution in [3.8, 4) is 0 Å². The van der Waals surface area contributed by atoms with E-state index in [1.54, 1.807) is 18.0 Å². The van der Waals surface area contributed by atoms with Crippen molar-refractivity contribution in [2.75, 3.05) is 5.75 Å². The molecule has 0 fully saturated rings. The van der Waals surface area contributed by atoms with E-state index >= 15 is 0 Å². The Morgan fingerprint density at radius 1 is 0.944 bits per heavy atom. The van der Waals surface area contributed by atoms with Gasteiger partial charge in [-0.15, -0.1) is 0 Å². The van der Waals surface area contributed by atoms with Crippen molar-refractivity contribution >= 4 is 17.7 Å². The lowest BCUT2D eigenvalue weighted by Gasteiger charge is -1.86. The van der Waals surface area contributed by atoms with Crippen LogP contribution in [-0.2, 0) is 0 Å². The highest BCUT2D eigenvalue weighted by Gasteiger charge is 1.77. The Hall–Kier alpha value is -0.240. The first-order valence-corrected chi connectivity index (χ1v) is 8.46. The van der Waals surface area contributed by atoms with E-state index in [0.29, 0.717) is 0 Å². The van der Waals surface area contributed by atoms with E-state index in [1.165, 1.54) is 12.8 Å². The Labute approximate surface area is 123 Å². The van der Waals surface area contributed by atoms with E-state index in [1.807, 2.05) is 48.5 Å². The molecule has 0 unspecified atom stereocenters.